The van der Waals surface area contributed by atoms with Crippen molar-refractivity contribution in [3.8, 4) is 5.88 Å². The van der Waals surface area contributed by atoms with Gasteiger partial charge in [-0.2, -0.15) is 13.2 Å². The van der Waals surface area contributed by atoms with Gasteiger partial charge in [-0.3, -0.25) is 4.79 Å². The van der Waals surface area contributed by atoms with Gasteiger partial charge < -0.3 is 19.7 Å². The van der Waals surface area contributed by atoms with Gasteiger partial charge in [-0.1, -0.05) is 11.6 Å². The fraction of sp³-hybridized carbons (Fsp3) is 0.611. The number of carbonyl (C=O) groups excluding carboxylic acids is 1. The Morgan fingerprint density at radius 1 is 1.40 bits per heavy atom. The first-order valence-electron chi connectivity index (χ1n) is 9.22. The lowest BCUT2D eigenvalue weighted by Crippen LogP contribution is -2.46. The lowest BCUT2D eigenvalue weighted by Gasteiger charge is -2.33. The normalized spacial score (nSPS) is 15.4. The highest BCUT2D eigenvalue weighted by atomic mass is 127. The number of alkyl halides is 3. The number of pyridine rings is 1. The molecule has 12 heteroatoms. The number of piperidine rings is 1. The van der Waals surface area contributed by atoms with Crippen molar-refractivity contribution in [2.24, 2.45) is 10.9 Å². The lowest BCUT2D eigenvalue weighted by atomic mass is 9.97. The molecule has 0 bridgehead atoms. The number of likely N-dealkylation sites (tertiary alicyclic amines) is 1. The monoisotopic (exact) mass is 564 g/mol. The molecule has 0 aliphatic carbocycles. The van der Waals surface area contributed by atoms with Crippen molar-refractivity contribution in [3.05, 3.63) is 22.8 Å². The molecule has 30 heavy (non-hydrogen) atoms. The fourth-order valence-corrected chi connectivity index (χ4v) is 3.12. The average Bonchev–Trinajstić information content (AvgIpc) is 2.70. The van der Waals surface area contributed by atoms with Crippen LogP contribution in [0.25, 0.3) is 0 Å². The standard InChI is InChI=1S/C18H24ClF3N4O3.HI/c1-3-23-17(26-7-4-12(5-8-26)16(27)28-2)24-6-9-29-15-14(19)10-13(11-25-15)18(20,21)22;/h10-12H,3-9H2,1-2H3,(H,23,24);1H. The number of aromatic nitrogens is 1. The number of nitrogens with one attached hydrogen (secondary N) is 1. The molecule has 1 aliphatic heterocycles. The summed E-state index contributed by atoms with van der Waals surface area (Å²) in [5.74, 6) is 0.320. The third-order valence-electron chi connectivity index (χ3n) is 4.39. The molecule has 1 aliphatic rings. The highest BCUT2D eigenvalue weighted by Crippen LogP contribution is 2.33. The molecule has 2 heterocycles. The van der Waals surface area contributed by atoms with Crippen LogP contribution in [-0.4, -0.2) is 61.7 Å². The van der Waals surface area contributed by atoms with Gasteiger partial charge in [-0.25, -0.2) is 9.98 Å². The Balaban J connectivity index is 0.00000450. The van der Waals surface area contributed by atoms with Crippen molar-refractivity contribution in [3.63, 3.8) is 0 Å². The van der Waals surface area contributed by atoms with Gasteiger partial charge in [0.1, 0.15) is 11.6 Å². The average molecular weight is 565 g/mol. The SMILES string of the molecule is CCNC(=NCCOc1ncc(C(F)(F)F)cc1Cl)N1CCC(C(=O)OC)CC1.I. The third-order valence-corrected chi connectivity index (χ3v) is 4.66. The van der Waals surface area contributed by atoms with Crippen LogP contribution in [0.15, 0.2) is 17.3 Å². The first-order valence-corrected chi connectivity index (χ1v) is 9.60. The summed E-state index contributed by atoms with van der Waals surface area (Å²) in [6.45, 7) is 4.31. The van der Waals surface area contributed by atoms with E-state index in [1.807, 2.05) is 11.8 Å². The maximum atomic E-state index is 12.6. The summed E-state index contributed by atoms with van der Waals surface area (Å²) >= 11 is 5.82. The van der Waals surface area contributed by atoms with E-state index in [4.69, 9.17) is 21.1 Å². The molecule has 1 fully saturated rings. The van der Waals surface area contributed by atoms with E-state index in [1.54, 1.807) is 0 Å². The Labute approximate surface area is 195 Å². The minimum atomic E-state index is -4.51. The van der Waals surface area contributed by atoms with Gasteiger partial charge in [0.25, 0.3) is 0 Å². The van der Waals surface area contributed by atoms with E-state index in [2.05, 4.69) is 15.3 Å². The zero-order valence-corrected chi connectivity index (χ0v) is 19.8. The second-order valence-corrected chi connectivity index (χ2v) is 6.78. The number of esters is 1. The van der Waals surface area contributed by atoms with Crippen LogP contribution in [0.1, 0.15) is 25.3 Å². The molecule has 0 radical (unpaired) electrons. The van der Waals surface area contributed by atoms with Crippen LogP contribution >= 0.6 is 35.6 Å². The Morgan fingerprint density at radius 3 is 2.60 bits per heavy atom. The smallest absolute Gasteiger partial charge is 0.417 e. The molecule has 1 N–H and O–H groups in total. The summed E-state index contributed by atoms with van der Waals surface area (Å²) in [5, 5.41) is 2.97. The largest absolute Gasteiger partial charge is 0.475 e. The number of hydrogen-bond acceptors (Lipinski definition) is 5. The van der Waals surface area contributed by atoms with Crippen molar-refractivity contribution in [2.75, 3.05) is 39.9 Å². The Morgan fingerprint density at radius 2 is 2.07 bits per heavy atom. The number of guanidine groups is 1. The molecule has 0 spiro atoms. The first kappa shape index (κ1) is 26.5. The molecule has 1 aromatic heterocycles. The fourth-order valence-electron chi connectivity index (χ4n) is 2.90. The van der Waals surface area contributed by atoms with Gasteiger partial charge in [-0.05, 0) is 25.8 Å². The molecule has 1 saturated heterocycles. The van der Waals surface area contributed by atoms with E-state index in [-0.39, 0.29) is 59.9 Å². The first-order chi connectivity index (χ1) is 13.8. The number of carbonyl (C=O) groups is 1. The lowest BCUT2D eigenvalue weighted by molar-refractivity contribution is -0.146. The van der Waals surface area contributed by atoms with E-state index in [1.165, 1.54) is 7.11 Å². The van der Waals surface area contributed by atoms with E-state index < -0.39 is 11.7 Å². The number of halogens is 5. The van der Waals surface area contributed by atoms with Crippen LogP contribution in [0.2, 0.25) is 5.02 Å². The maximum absolute atomic E-state index is 12.6. The summed E-state index contributed by atoms with van der Waals surface area (Å²) in [6, 6.07) is 0.780. The number of ether oxygens (including phenoxy) is 2. The molecule has 2 rings (SSSR count). The van der Waals surface area contributed by atoms with Crippen molar-refractivity contribution in [1.29, 1.82) is 0 Å². The minimum Gasteiger partial charge on any atom is -0.475 e. The van der Waals surface area contributed by atoms with Gasteiger partial charge in [-0.15, -0.1) is 24.0 Å². The van der Waals surface area contributed by atoms with Crippen LogP contribution in [0.3, 0.4) is 0 Å². The predicted molar refractivity (Wildman–Crippen MR) is 117 cm³/mol. The molecule has 7 nitrogen and oxygen atoms in total. The summed E-state index contributed by atoms with van der Waals surface area (Å²) in [6.07, 6.45) is -2.47. The summed E-state index contributed by atoms with van der Waals surface area (Å²) < 4.78 is 48.1. The summed E-state index contributed by atoms with van der Waals surface area (Å²) in [4.78, 5) is 21.8. The van der Waals surface area contributed by atoms with Gasteiger partial charge in [0.15, 0.2) is 5.96 Å². The molecule has 0 aromatic carbocycles. The van der Waals surface area contributed by atoms with Crippen LogP contribution < -0.4 is 10.1 Å². The second-order valence-electron chi connectivity index (χ2n) is 6.38. The zero-order chi connectivity index (χ0) is 21.4. The topological polar surface area (TPSA) is 76.1 Å². The minimum absolute atomic E-state index is 0. The Kier molecular flexibility index (Phi) is 10.9. The number of nitrogens with zero attached hydrogens (tertiary/aromatic N) is 3. The predicted octanol–water partition coefficient (Wildman–Crippen LogP) is 3.60. The van der Waals surface area contributed by atoms with E-state index in [0.29, 0.717) is 44.6 Å². The zero-order valence-electron chi connectivity index (χ0n) is 16.7. The number of hydrogen-bond donors (Lipinski definition) is 1. The molecule has 0 unspecified atom stereocenters. The van der Waals surface area contributed by atoms with E-state index in [9.17, 15) is 18.0 Å². The van der Waals surface area contributed by atoms with Crippen molar-refractivity contribution >= 4 is 47.5 Å². The van der Waals surface area contributed by atoms with Crippen LogP contribution in [0.4, 0.5) is 13.2 Å². The third kappa shape index (κ3) is 7.64. The number of methoxy groups -OCH3 is 1. The highest BCUT2D eigenvalue weighted by molar-refractivity contribution is 14.0. The molecule has 0 saturated carbocycles. The Hall–Kier alpha value is -1.50. The van der Waals surface area contributed by atoms with Gasteiger partial charge >= 0.3 is 12.1 Å². The van der Waals surface area contributed by atoms with Crippen LogP contribution in [-0.2, 0) is 15.7 Å². The molecular formula is C18H25ClF3IN4O3. The maximum Gasteiger partial charge on any atom is 0.417 e. The quantitative estimate of drug-likeness (QED) is 0.187. The molecule has 0 amide bonds. The molecule has 1 aromatic rings. The second kappa shape index (κ2) is 12.4. The van der Waals surface area contributed by atoms with Gasteiger partial charge in [0, 0.05) is 25.8 Å². The van der Waals surface area contributed by atoms with Crippen molar-refractivity contribution < 1.29 is 27.4 Å². The van der Waals surface area contributed by atoms with Gasteiger partial charge in [0.2, 0.25) is 5.88 Å². The van der Waals surface area contributed by atoms with Crippen molar-refractivity contribution in [1.82, 2.24) is 15.2 Å². The van der Waals surface area contributed by atoms with Crippen molar-refractivity contribution in [2.45, 2.75) is 25.9 Å². The van der Waals surface area contributed by atoms with Gasteiger partial charge in [0.05, 0.1) is 25.1 Å². The van der Waals surface area contributed by atoms with Crippen LogP contribution in [0, 0.1) is 5.92 Å². The number of rotatable bonds is 6. The van der Waals surface area contributed by atoms with E-state index >= 15 is 0 Å². The summed E-state index contributed by atoms with van der Waals surface area (Å²) in [7, 11) is 1.39. The summed E-state index contributed by atoms with van der Waals surface area (Å²) in [5.41, 5.74) is -0.933. The molecule has 170 valence electrons. The highest BCUT2D eigenvalue weighted by Gasteiger charge is 2.32. The molecular weight excluding hydrogens is 540 g/mol. The molecule has 0 atom stereocenters. The number of aliphatic imine (C=N–C) groups is 1. The Bertz CT molecular complexity index is 729. The van der Waals surface area contributed by atoms with Crippen LogP contribution in [0.5, 0.6) is 5.88 Å². The van der Waals surface area contributed by atoms with E-state index in [0.717, 1.165) is 6.07 Å².